The lowest BCUT2D eigenvalue weighted by atomic mass is 10.1. The van der Waals surface area contributed by atoms with Crippen LogP contribution in [0.1, 0.15) is 11.1 Å². The summed E-state index contributed by atoms with van der Waals surface area (Å²) in [6.07, 6.45) is 1.77. The van der Waals surface area contributed by atoms with Gasteiger partial charge in [0.15, 0.2) is 5.03 Å². The molecular formula is C14H15FN2O3S. The Bertz CT molecular complexity index is 685. The lowest BCUT2D eigenvalue weighted by Crippen LogP contribution is -2.26. The minimum atomic E-state index is -3.68. The van der Waals surface area contributed by atoms with Gasteiger partial charge in [-0.2, -0.15) is 0 Å². The normalized spacial score (nSPS) is 11.5. The number of hydrogen-bond acceptors (Lipinski definition) is 4. The molecule has 0 aliphatic carbocycles. The van der Waals surface area contributed by atoms with Crippen molar-refractivity contribution in [1.82, 2.24) is 9.71 Å². The predicted octanol–water partition coefficient (Wildman–Crippen LogP) is 1.23. The van der Waals surface area contributed by atoms with Crippen molar-refractivity contribution in [1.29, 1.82) is 0 Å². The Balaban J connectivity index is 1.95. The minimum absolute atomic E-state index is 0.0983. The molecule has 0 amide bonds. The van der Waals surface area contributed by atoms with Crippen molar-refractivity contribution in [3.8, 4) is 0 Å². The van der Waals surface area contributed by atoms with Gasteiger partial charge in [-0.1, -0.05) is 18.2 Å². The van der Waals surface area contributed by atoms with Crippen LogP contribution in [-0.2, 0) is 23.1 Å². The van der Waals surface area contributed by atoms with Crippen molar-refractivity contribution < 1.29 is 17.9 Å². The zero-order valence-electron chi connectivity index (χ0n) is 11.2. The number of aliphatic hydroxyl groups excluding tert-OH is 1. The highest BCUT2D eigenvalue weighted by atomic mass is 32.2. The number of pyridine rings is 1. The first-order chi connectivity index (χ1) is 10.0. The molecule has 0 aliphatic heterocycles. The highest BCUT2D eigenvalue weighted by Gasteiger charge is 2.14. The predicted molar refractivity (Wildman–Crippen MR) is 75.5 cm³/mol. The summed E-state index contributed by atoms with van der Waals surface area (Å²) in [7, 11) is -3.68. The second-order valence-corrected chi connectivity index (χ2v) is 6.15. The van der Waals surface area contributed by atoms with Crippen LogP contribution in [0.4, 0.5) is 4.39 Å². The van der Waals surface area contributed by atoms with Crippen molar-refractivity contribution in [3.63, 3.8) is 0 Å². The van der Waals surface area contributed by atoms with Gasteiger partial charge in [-0.05, 0) is 35.7 Å². The molecule has 2 rings (SSSR count). The van der Waals surface area contributed by atoms with E-state index >= 15 is 0 Å². The second-order valence-electron chi connectivity index (χ2n) is 4.44. The van der Waals surface area contributed by atoms with E-state index < -0.39 is 10.0 Å². The van der Waals surface area contributed by atoms with E-state index in [4.69, 9.17) is 5.11 Å². The molecule has 1 heterocycles. The molecule has 0 aliphatic rings. The van der Waals surface area contributed by atoms with E-state index in [2.05, 4.69) is 9.71 Å². The Morgan fingerprint density at radius 1 is 1.10 bits per heavy atom. The average molecular weight is 310 g/mol. The van der Waals surface area contributed by atoms with Gasteiger partial charge >= 0.3 is 0 Å². The quantitative estimate of drug-likeness (QED) is 0.841. The molecule has 0 bridgehead atoms. The third-order valence-electron chi connectivity index (χ3n) is 2.87. The lowest BCUT2D eigenvalue weighted by molar-refractivity contribution is 0.281. The van der Waals surface area contributed by atoms with Gasteiger partial charge in [-0.3, -0.25) is 0 Å². The summed E-state index contributed by atoms with van der Waals surface area (Å²) in [6, 6.07) is 8.72. The number of rotatable bonds is 6. The number of aromatic nitrogens is 1. The van der Waals surface area contributed by atoms with Crippen molar-refractivity contribution in [2.45, 2.75) is 18.1 Å². The molecule has 1 aromatic heterocycles. The van der Waals surface area contributed by atoms with Gasteiger partial charge in [0.25, 0.3) is 10.0 Å². The van der Waals surface area contributed by atoms with Gasteiger partial charge in [0.05, 0.1) is 6.61 Å². The summed E-state index contributed by atoms with van der Waals surface area (Å²) in [5.41, 5.74) is 1.38. The van der Waals surface area contributed by atoms with Crippen molar-refractivity contribution in [3.05, 3.63) is 59.5 Å². The van der Waals surface area contributed by atoms with Crippen LogP contribution in [0, 0.1) is 5.82 Å². The van der Waals surface area contributed by atoms with Crippen molar-refractivity contribution >= 4 is 10.0 Å². The van der Waals surface area contributed by atoms with E-state index in [1.165, 1.54) is 30.5 Å². The summed E-state index contributed by atoms with van der Waals surface area (Å²) in [5.74, 6) is -0.326. The fourth-order valence-corrected chi connectivity index (χ4v) is 2.68. The Kier molecular flexibility index (Phi) is 5.00. The Hall–Kier alpha value is -1.83. The molecule has 21 heavy (non-hydrogen) atoms. The number of benzene rings is 1. The first-order valence-electron chi connectivity index (χ1n) is 6.31. The largest absolute Gasteiger partial charge is 0.392 e. The number of aliphatic hydroxyl groups is 1. The third kappa shape index (κ3) is 4.32. The number of nitrogens with zero attached hydrogens (tertiary/aromatic N) is 1. The van der Waals surface area contributed by atoms with Gasteiger partial charge < -0.3 is 5.11 Å². The molecule has 2 aromatic rings. The van der Waals surface area contributed by atoms with E-state index in [0.29, 0.717) is 12.0 Å². The maximum absolute atomic E-state index is 12.7. The van der Waals surface area contributed by atoms with E-state index in [-0.39, 0.29) is 24.0 Å². The molecular weight excluding hydrogens is 295 g/mol. The van der Waals surface area contributed by atoms with Crippen LogP contribution in [0.3, 0.4) is 0 Å². The van der Waals surface area contributed by atoms with E-state index in [1.54, 1.807) is 12.1 Å². The van der Waals surface area contributed by atoms with Gasteiger partial charge in [0.2, 0.25) is 0 Å². The summed E-state index contributed by atoms with van der Waals surface area (Å²) >= 11 is 0. The second kappa shape index (κ2) is 6.75. The Morgan fingerprint density at radius 3 is 2.33 bits per heavy atom. The Morgan fingerprint density at radius 2 is 1.76 bits per heavy atom. The number of hydrogen-bond donors (Lipinski definition) is 2. The fraction of sp³-hybridized carbons (Fsp3) is 0.214. The van der Waals surface area contributed by atoms with Gasteiger partial charge in [-0.25, -0.2) is 22.5 Å². The Labute approximate surface area is 122 Å². The van der Waals surface area contributed by atoms with Crippen LogP contribution >= 0.6 is 0 Å². The molecule has 112 valence electrons. The molecule has 0 saturated heterocycles. The molecule has 0 radical (unpaired) electrons. The summed E-state index contributed by atoms with van der Waals surface area (Å²) in [6.45, 7) is 0.00270. The van der Waals surface area contributed by atoms with E-state index in [9.17, 15) is 12.8 Å². The van der Waals surface area contributed by atoms with Crippen LogP contribution < -0.4 is 4.72 Å². The molecule has 0 spiro atoms. The number of sulfonamides is 1. The lowest BCUT2D eigenvalue weighted by Gasteiger charge is -2.06. The maximum Gasteiger partial charge on any atom is 0.258 e. The number of halogens is 1. The first kappa shape index (κ1) is 15.6. The van der Waals surface area contributed by atoms with Crippen molar-refractivity contribution in [2.75, 3.05) is 6.54 Å². The highest BCUT2D eigenvalue weighted by Crippen LogP contribution is 2.07. The fourth-order valence-electron chi connectivity index (χ4n) is 1.72. The first-order valence-corrected chi connectivity index (χ1v) is 7.79. The van der Waals surface area contributed by atoms with Gasteiger partial charge in [0.1, 0.15) is 5.82 Å². The zero-order valence-corrected chi connectivity index (χ0v) is 12.0. The highest BCUT2D eigenvalue weighted by molar-refractivity contribution is 7.89. The molecule has 0 atom stereocenters. The molecule has 2 N–H and O–H groups in total. The maximum atomic E-state index is 12.7. The van der Waals surface area contributed by atoms with Crippen LogP contribution in [0.15, 0.2) is 47.6 Å². The van der Waals surface area contributed by atoms with Crippen molar-refractivity contribution in [2.24, 2.45) is 0 Å². The van der Waals surface area contributed by atoms with E-state index in [1.807, 2.05) is 0 Å². The molecule has 1 aromatic carbocycles. The van der Waals surface area contributed by atoms with E-state index in [0.717, 1.165) is 5.56 Å². The monoisotopic (exact) mass is 310 g/mol. The van der Waals surface area contributed by atoms with Crippen LogP contribution in [0.25, 0.3) is 0 Å². The number of nitrogens with one attached hydrogen (secondary N) is 1. The molecule has 0 saturated carbocycles. The van der Waals surface area contributed by atoms with Gasteiger partial charge in [0, 0.05) is 12.7 Å². The summed E-state index contributed by atoms with van der Waals surface area (Å²) in [4.78, 5) is 3.80. The molecule has 7 heteroatoms. The summed E-state index contributed by atoms with van der Waals surface area (Å²) in [5, 5.41) is 8.79. The molecule has 0 unspecified atom stereocenters. The summed E-state index contributed by atoms with van der Waals surface area (Å²) < 4.78 is 39.1. The molecule has 5 nitrogen and oxygen atoms in total. The standard InChI is InChI=1S/C14H15FN2O3S/c15-13-4-1-11(2-5-13)7-8-17-21(19,20)14-6-3-12(10-18)9-16-14/h1-6,9,17-18H,7-8,10H2. The van der Waals surface area contributed by atoms with Crippen LogP contribution in [-0.4, -0.2) is 25.1 Å². The van der Waals surface area contributed by atoms with Crippen LogP contribution in [0.2, 0.25) is 0 Å². The topological polar surface area (TPSA) is 79.3 Å². The SMILES string of the molecule is O=S(=O)(NCCc1ccc(F)cc1)c1ccc(CO)cn1. The third-order valence-corrected chi connectivity index (χ3v) is 4.25. The van der Waals surface area contributed by atoms with Crippen LogP contribution in [0.5, 0.6) is 0 Å². The molecule has 0 fully saturated rings. The zero-order chi connectivity index (χ0) is 15.3. The smallest absolute Gasteiger partial charge is 0.258 e. The van der Waals surface area contributed by atoms with Gasteiger partial charge in [-0.15, -0.1) is 0 Å². The average Bonchev–Trinajstić information content (AvgIpc) is 2.49. The minimum Gasteiger partial charge on any atom is -0.392 e.